The summed E-state index contributed by atoms with van der Waals surface area (Å²) in [6, 6.07) is 4.56. The minimum Gasteiger partial charge on any atom is -0.356 e. The number of amides is 1. The lowest BCUT2D eigenvalue weighted by atomic mass is 9.91. The molecule has 1 saturated heterocycles. The van der Waals surface area contributed by atoms with Crippen molar-refractivity contribution in [1.29, 1.82) is 0 Å². The fraction of sp³-hybridized carbons (Fsp3) is 0.579. The molecule has 1 fully saturated rings. The summed E-state index contributed by atoms with van der Waals surface area (Å²) in [5.74, 6) is 0.266. The molecule has 2 heterocycles. The molecule has 1 aromatic heterocycles. The highest BCUT2D eigenvalue weighted by molar-refractivity contribution is 5.80. The molecule has 0 N–H and O–H groups in total. The molecule has 5 nitrogen and oxygen atoms in total. The normalized spacial score (nSPS) is 16.4. The molecule has 1 aromatic carbocycles. The lowest BCUT2D eigenvalue weighted by molar-refractivity contribution is -0.130. The first kappa shape index (κ1) is 17.9. The van der Waals surface area contributed by atoms with Crippen molar-refractivity contribution in [2.24, 2.45) is 0 Å². The van der Waals surface area contributed by atoms with Crippen molar-refractivity contribution in [1.82, 2.24) is 15.0 Å². The van der Waals surface area contributed by atoms with Gasteiger partial charge < -0.3 is 14.3 Å². The Bertz CT molecular complexity index is 723. The van der Waals surface area contributed by atoms with Crippen LogP contribution >= 0.6 is 0 Å². The summed E-state index contributed by atoms with van der Waals surface area (Å²) >= 11 is 0. The lowest BCUT2D eigenvalue weighted by Crippen LogP contribution is -2.41. The van der Waals surface area contributed by atoms with E-state index in [1.54, 1.807) is 6.07 Å². The molecule has 0 bridgehead atoms. The number of aromatic nitrogens is 1. The van der Waals surface area contributed by atoms with Crippen LogP contribution in [0.15, 0.2) is 22.7 Å². The second kappa shape index (κ2) is 7.95. The fourth-order valence-electron chi connectivity index (χ4n) is 3.60. The maximum absolute atomic E-state index is 13.5. The Hall–Kier alpha value is -1.95. The Kier molecular flexibility index (Phi) is 5.68. The Balaban J connectivity index is 1.56. The summed E-state index contributed by atoms with van der Waals surface area (Å²) < 4.78 is 18.9. The van der Waals surface area contributed by atoms with Gasteiger partial charge in [-0.05, 0) is 51.1 Å². The van der Waals surface area contributed by atoms with Gasteiger partial charge in [0.15, 0.2) is 5.58 Å². The zero-order valence-electron chi connectivity index (χ0n) is 15.0. The second-order valence-electron chi connectivity index (χ2n) is 6.65. The van der Waals surface area contributed by atoms with Crippen LogP contribution in [0.3, 0.4) is 0 Å². The molecule has 0 unspecified atom stereocenters. The summed E-state index contributed by atoms with van der Waals surface area (Å²) in [5.41, 5.74) is 1.53. The number of likely N-dealkylation sites (N-methyl/N-ethyl adjacent to an activating group) is 1. The van der Waals surface area contributed by atoms with Crippen LogP contribution in [0.4, 0.5) is 4.39 Å². The smallest absolute Gasteiger partial charge is 0.222 e. The summed E-state index contributed by atoms with van der Waals surface area (Å²) in [4.78, 5) is 16.1. The van der Waals surface area contributed by atoms with Crippen molar-refractivity contribution in [2.75, 3.05) is 32.7 Å². The van der Waals surface area contributed by atoms with E-state index in [4.69, 9.17) is 4.52 Å². The minimum absolute atomic E-state index is 0.216. The first-order valence-corrected chi connectivity index (χ1v) is 9.17. The first-order chi connectivity index (χ1) is 12.1. The second-order valence-corrected chi connectivity index (χ2v) is 6.65. The molecule has 0 spiro atoms. The Morgan fingerprint density at radius 2 is 2.12 bits per heavy atom. The van der Waals surface area contributed by atoms with E-state index < -0.39 is 0 Å². The molecule has 2 aromatic rings. The molecule has 136 valence electrons. The van der Waals surface area contributed by atoms with E-state index >= 15 is 0 Å². The molecular weight excluding hydrogens is 321 g/mol. The van der Waals surface area contributed by atoms with E-state index in [9.17, 15) is 9.18 Å². The molecule has 0 aliphatic carbocycles. The number of benzene rings is 1. The third kappa shape index (κ3) is 4.00. The number of nitrogens with zero attached hydrogens (tertiary/aromatic N) is 3. The summed E-state index contributed by atoms with van der Waals surface area (Å²) in [6.07, 6.45) is 2.52. The highest BCUT2D eigenvalue weighted by atomic mass is 19.1. The number of likely N-dealkylation sites (tertiary alicyclic amines) is 1. The summed E-state index contributed by atoms with van der Waals surface area (Å²) in [6.45, 7) is 8.31. The van der Waals surface area contributed by atoms with Crippen molar-refractivity contribution in [2.45, 2.75) is 39.0 Å². The van der Waals surface area contributed by atoms with Gasteiger partial charge in [0.1, 0.15) is 5.82 Å². The third-order valence-electron chi connectivity index (χ3n) is 5.16. The van der Waals surface area contributed by atoms with Gasteiger partial charge in [-0.1, -0.05) is 12.1 Å². The molecule has 0 radical (unpaired) electrons. The number of piperidine rings is 1. The zero-order valence-corrected chi connectivity index (χ0v) is 15.0. The van der Waals surface area contributed by atoms with Crippen molar-refractivity contribution in [3.05, 3.63) is 29.7 Å². The monoisotopic (exact) mass is 347 g/mol. The van der Waals surface area contributed by atoms with Gasteiger partial charge in [-0.25, -0.2) is 4.39 Å². The number of fused-ring (bicyclic) bond motifs is 1. The first-order valence-electron chi connectivity index (χ1n) is 9.17. The molecule has 25 heavy (non-hydrogen) atoms. The average Bonchev–Trinajstić information content (AvgIpc) is 3.05. The largest absolute Gasteiger partial charge is 0.356 e. The van der Waals surface area contributed by atoms with Crippen LogP contribution in [-0.4, -0.2) is 53.6 Å². The number of rotatable bonds is 6. The van der Waals surface area contributed by atoms with Crippen LogP contribution in [0.2, 0.25) is 0 Å². The van der Waals surface area contributed by atoms with Crippen molar-refractivity contribution in [3.63, 3.8) is 0 Å². The van der Waals surface area contributed by atoms with Crippen molar-refractivity contribution in [3.8, 4) is 0 Å². The van der Waals surface area contributed by atoms with Crippen molar-refractivity contribution >= 4 is 16.9 Å². The standard InChI is InChI=1S/C19H26FN3O2/c1-3-18(24)23(4-2)12-11-22-9-7-14(8-10-22)19-16-13-15(20)5-6-17(16)25-21-19/h5-6,13-14H,3-4,7-12H2,1-2H3. The zero-order chi connectivity index (χ0) is 17.8. The Morgan fingerprint density at radius 3 is 2.80 bits per heavy atom. The van der Waals surface area contributed by atoms with E-state index in [0.717, 1.165) is 56.6 Å². The summed E-state index contributed by atoms with van der Waals surface area (Å²) in [5, 5.41) is 4.99. The van der Waals surface area contributed by atoms with Crippen LogP contribution in [0.1, 0.15) is 44.7 Å². The van der Waals surface area contributed by atoms with E-state index in [1.807, 2.05) is 18.7 Å². The molecule has 6 heteroatoms. The number of carbonyl (C=O) groups is 1. The number of halogens is 1. The quantitative estimate of drug-likeness (QED) is 0.803. The highest BCUT2D eigenvalue weighted by Crippen LogP contribution is 2.32. The molecule has 0 saturated carbocycles. The van der Waals surface area contributed by atoms with E-state index in [2.05, 4.69) is 10.1 Å². The molecule has 1 amide bonds. The van der Waals surface area contributed by atoms with Crippen LogP contribution < -0.4 is 0 Å². The van der Waals surface area contributed by atoms with Crippen molar-refractivity contribution < 1.29 is 13.7 Å². The predicted octanol–water partition coefficient (Wildman–Crippen LogP) is 3.40. The maximum Gasteiger partial charge on any atom is 0.222 e. The molecule has 1 aliphatic rings. The SMILES string of the molecule is CCC(=O)N(CC)CCN1CCC(c2noc3ccc(F)cc23)CC1. The van der Waals surface area contributed by atoms with Gasteiger partial charge in [0.2, 0.25) is 5.91 Å². The predicted molar refractivity (Wildman–Crippen MR) is 94.9 cm³/mol. The minimum atomic E-state index is -0.255. The Labute approximate surface area is 147 Å². The van der Waals surface area contributed by atoms with Crippen LogP contribution in [-0.2, 0) is 4.79 Å². The number of hydrogen-bond donors (Lipinski definition) is 0. The molecule has 1 aliphatic heterocycles. The maximum atomic E-state index is 13.5. The molecule has 3 rings (SSSR count). The fourth-order valence-corrected chi connectivity index (χ4v) is 3.60. The van der Waals surface area contributed by atoms with E-state index in [1.165, 1.54) is 12.1 Å². The van der Waals surface area contributed by atoms with Crippen LogP contribution in [0.5, 0.6) is 0 Å². The van der Waals surface area contributed by atoms with Crippen LogP contribution in [0, 0.1) is 5.82 Å². The third-order valence-corrected chi connectivity index (χ3v) is 5.16. The van der Waals surface area contributed by atoms with Gasteiger partial charge in [0, 0.05) is 37.4 Å². The van der Waals surface area contributed by atoms with Crippen LogP contribution in [0.25, 0.3) is 11.0 Å². The topological polar surface area (TPSA) is 49.6 Å². The molecule has 0 atom stereocenters. The van der Waals surface area contributed by atoms with E-state index in [0.29, 0.717) is 17.9 Å². The van der Waals surface area contributed by atoms with Gasteiger partial charge in [-0.15, -0.1) is 0 Å². The Morgan fingerprint density at radius 1 is 1.36 bits per heavy atom. The van der Waals surface area contributed by atoms with Gasteiger partial charge in [0.05, 0.1) is 5.69 Å². The van der Waals surface area contributed by atoms with Gasteiger partial charge in [-0.2, -0.15) is 0 Å². The summed E-state index contributed by atoms with van der Waals surface area (Å²) in [7, 11) is 0. The molecular formula is C19H26FN3O2. The highest BCUT2D eigenvalue weighted by Gasteiger charge is 2.25. The van der Waals surface area contributed by atoms with Gasteiger partial charge in [-0.3, -0.25) is 4.79 Å². The average molecular weight is 347 g/mol. The van der Waals surface area contributed by atoms with Gasteiger partial charge >= 0.3 is 0 Å². The number of hydrogen-bond acceptors (Lipinski definition) is 4. The van der Waals surface area contributed by atoms with E-state index in [-0.39, 0.29) is 11.7 Å². The number of carbonyl (C=O) groups excluding carboxylic acids is 1. The van der Waals surface area contributed by atoms with Gasteiger partial charge in [0.25, 0.3) is 0 Å². The lowest BCUT2D eigenvalue weighted by Gasteiger charge is -2.32.